The number of hydrogen-bond acceptors (Lipinski definition) is 4. The number of aliphatic hydroxyl groups excluding tert-OH is 1. The van der Waals surface area contributed by atoms with Gasteiger partial charge >= 0.3 is 5.97 Å². The molecule has 2 aromatic rings. The minimum Gasteiger partial charge on any atom is -0.481 e. The molecule has 1 saturated heterocycles. The summed E-state index contributed by atoms with van der Waals surface area (Å²) < 4.78 is 5.97. The van der Waals surface area contributed by atoms with Crippen LogP contribution in [0.25, 0.3) is 0 Å². The number of carboxylic acid groups (broad SMARTS) is 1. The normalized spacial score (nSPS) is 17.0. The topological polar surface area (TPSA) is 87.1 Å². The molecule has 2 aromatic carbocycles. The highest BCUT2D eigenvalue weighted by Gasteiger charge is 2.28. The van der Waals surface area contributed by atoms with Crippen LogP contribution < -0.4 is 4.74 Å². The standard InChI is InChI=1S/C27H33NO5/c1-20-9-5-6-12-25(20)33-23-11-8-10-21(19-23)24(29)16-14-22-15-17-26(30)28(22)18-7-3-2-4-13-27(31)32/h5-6,8-12,14,16,19,22,24,29H,2-4,7,13,15,17-18H2,1H3,(H,31,32). The van der Waals surface area contributed by atoms with E-state index in [9.17, 15) is 14.7 Å². The van der Waals surface area contributed by atoms with Crippen molar-refractivity contribution in [1.29, 1.82) is 0 Å². The third-order valence-corrected chi connectivity index (χ3v) is 5.95. The van der Waals surface area contributed by atoms with E-state index in [-0.39, 0.29) is 18.4 Å². The summed E-state index contributed by atoms with van der Waals surface area (Å²) in [5.74, 6) is 0.816. The number of carbonyl (C=O) groups is 2. The first kappa shape index (κ1) is 24.5. The number of unbranched alkanes of at least 4 members (excludes halogenated alkanes) is 3. The Morgan fingerprint density at radius 3 is 2.73 bits per heavy atom. The third kappa shape index (κ3) is 7.46. The van der Waals surface area contributed by atoms with Gasteiger partial charge in [0.1, 0.15) is 11.5 Å². The lowest BCUT2D eigenvalue weighted by Crippen LogP contribution is -2.32. The summed E-state index contributed by atoms with van der Waals surface area (Å²) in [6.45, 7) is 2.65. The number of aliphatic hydroxyl groups is 1. The molecule has 1 heterocycles. The van der Waals surface area contributed by atoms with Crippen molar-refractivity contribution in [3.05, 3.63) is 71.8 Å². The minimum atomic E-state index is -0.793. The third-order valence-electron chi connectivity index (χ3n) is 5.95. The Morgan fingerprint density at radius 1 is 1.15 bits per heavy atom. The number of amides is 1. The molecule has 1 aliphatic rings. The molecule has 3 rings (SSSR count). The largest absolute Gasteiger partial charge is 0.481 e. The van der Waals surface area contributed by atoms with Gasteiger partial charge in [0.2, 0.25) is 5.91 Å². The number of aliphatic carboxylic acids is 1. The lowest BCUT2D eigenvalue weighted by molar-refractivity contribution is -0.137. The van der Waals surface area contributed by atoms with Gasteiger partial charge in [0.05, 0.1) is 12.1 Å². The highest BCUT2D eigenvalue weighted by atomic mass is 16.5. The molecule has 6 nitrogen and oxygen atoms in total. The second-order valence-electron chi connectivity index (χ2n) is 8.52. The SMILES string of the molecule is Cc1ccccc1Oc1cccc(C(O)C=CC2CCC(=O)N2CCCCCCC(=O)O)c1. The van der Waals surface area contributed by atoms with E-state index in [1.807, 2.05) is 66.4 Å². The van der Waals surface area contributed by atoms with Gasteiger partial charge in [0.25, 0.3) is 0 Å². The highest BCUT2D eigenvalue weighted by molar-refractivity contribution is 5.79. The van der Waals surface area contributed by atoms with Crippen LogP contribution >= 0.6 is 0 Å². The van der Waals surface area contributed by atoms with Gasteiger partial charge in [-0.2, -0.15) is 0 Å². The van der Waals surface area contributed by atoms with Gasteiger partial charge in [0.15, 0.2) is 0 Å². The molecular formula is C27H33NO5. The summed E-state index contributed by atoms with van der Waals surface area (Å²) in [6.07, 6.45) is 7.63. The summed E-state index contributed by atoms with van der Waals surface area (Å²) in [7, 11) is 0. The summed E-state index contributed by atoms with van der Waals surface area (Å²) in [6, 6.07) is 15.2. The molecule has 6 heteroatoms. The molecule has 176 valence electrons. The van der Waals surface area contributed by atoms with E-state index in [1.165, 1.54) is 0 Å². The smallest absolute Gasteiger partial charge is 0.303 e. The summed E-state index contributed by atoms with van der Waals surface area (Å²) in [5, 5.41) is 19.4. The fourth-order valence-electron chi connectivity index (χ4n) is 4.06. The van der Waals surface area contributed by atoms with E-state index in [4.69, 9.17) is 9.84 Å². The van der Waals surface area contributed by atoms with Crippen LogP contribution in [0.5, 0.6) is 11.5 Å². The summed E-state index contributed by atoms with van der Waals surface area (Å²) >= 11 is 0. The number of benzene rings is 2. The van der Waals surface area contributed by atoms with Crippen molar-refractivity contribution in [2.24, 2.45) is 0 Å². The molecule has 1 fully saturated rings. The van der Waals surface area contributed by atoms with Gasteiger partial charge in [0, 0.05) is 19.4 Å². The molecule has 0 spiro atoms. The van der Waals surface area contributed by atoms with Crippen LogP contribution in [0.2, 0.25) is 0 Å². The van der Waals surface area contributed by atoms with E-state index in [0.29, 0.717) is 25.1 Å². The number of nitrogens with zero attached hydrogens (tertiary/aromatic N) is 1. The molecule has 2 atom stereocenters. The highest BCUT2D eigenvalue weighted by Crippen LogP contribution is 2.28. The summed E-state index contributed by atoms with van der Waals surface area (Å²) in [5.41, 5.74) is 1.77. The lowest BCUT2D eigenvalue weighted by Gasteiger charge is -2.22. The van der Waals surface area contributed by atoms with Crippen LogP contribution in [-0.2, 0) is 9.59 Å². The maximum Gasteiger partial charge on any atom is 0.303 e. The number of aryl methyl sites for hydroxylation is 1. The number of para-hydroxylation sites is 1. The quantitative estimate of drug-likeness (QED) is 0.333. The maximum absolute atomic E-state index is 12.3. The molecule has 33 heavy (non-hydrogen) atoms. The first-order chi connectivity index (χ1) is 15.9. The zero-order valence-corrected chi connectivity index (χ0v) is 19.2. The minimum absolute atomic E-state index is 0.0161. The van der Waals surface area contributed by atoms with Crippen molar-refractivity contribution >= 4 is 11.9 Å². The van der Waals surface area contributed by atoms with Crippen LogP contribution in [0.4, 0.5) is 0 Å². The van der Waals surface area contributed by atoms with E-state index >= 15 is 0 Å². The molecule has 0 aromatic heterocycles. The van der Waals surface area contributed by atoms with Crippen LogP contribution in [0.15, 0.2) is 60.7 Å². The van der Waals surface area contributed by atoms with Crippen LogP contribution in [0, 0.1) is 6.92 Å². The zero-order chi connectivity index (χ0) is 23.6. The molecule has 0 saturated carbocycles. The van der Waals surface area contributed by atoms with Crippen molar-refractivity contribution in [2.45, 2.75) is 64.0 Å². The number of ether oxygens (including phenoxy) is 1. The number of hydrogen-bond donors (Lipinski definition) is 2. The Hall–Kier alpha value is -3.12. The summed E-state index contributed by atoms with van der Waals surface area (Å²) in [4.78, 5) is 24.7. The van der Waals surface area contributed by atoms with E-state index < -0.39 is 12.1 Å². The predicted octanol–water partition coefficient (Wildman–Crippen LogP) is 5.40. The van der Waals surface area contributed by atoms with Crippen molar-refractivity contribution in [2.75, 3.05) is 6.54 Å². The van der Waals surface area contributed by atoms with Crippen molar-refractivity contribution in [1.82, 2.24) is 4.90 Å². The Kier molecular flexibility index (Phi) is 9.07. The first-order valence-electron chi connectivity index (χ1n) is 11.6. The molecule has 0 radical (unpaired) electrons. The van der Waals surface area contributed by atoms with Gasteiger partial charge in [-0.1, -0.05) is 55.3 Å². The molecule has 2 unspecified atom stereocenters. The van der Waals surface area contributed by atoms with Gasteiger partial charge < -0.3 is 19.8 Å². The number of rotatable bonds is 12. The van der Waals surface area contributed by atoms with Crippen molar-refractivity contribution < 1.29 is 24.5 Å². The lowest BCUT2D eigenvalue weighted by atomic mass is 10.1. The van der Waals surface area contributed by atoms with Crippen LogP contribution in [0.1, 0.15) is 62.2 Å². The Labute approximate surface area is 195 Å². The van der Waals surface area contributed by atoms with Gasteiger partial charge in [-0.15, -0.1) is 0 Å². The van der Waals surface area contributed by atoms with Crippen LogP contribution in [-0.4, -0.2) is 39.6 Å². The first-order valence-corrected chi connectivity index (χ1v) is 11.6. The zero-order valence-electron chi connectivity index (χ0n) is 19.2. The molecule has 0 aliphatic carbocycles. The second-order valence-corrected chi connectivity index (χ2v) is 8.52. The molecule has 1 aliphatic heterocycles. The maximum atomic E-state index is 12.3. The van der Waals surface area contributed by atoms with E-state index in [1.54, 1.807) is 6.08 Å². The molecule has 0 bridgehead atoms. The molecular weight excluding hydrogens is 418 g/mol. The number of carboxylic acids is 1. The predicted molar refractivity (Wildman–Crippen MR) is 127 cm³/mol. The average Bonchev–Trinajstić information content (AvgIpc) is 3.15. The monoisotopic (exact) mass is 451 g/mol. The molecule has 2 N–H and O–H groups in total. The second kappa shape index (κ2) is 12.2. The van der Waals surface area contributed by atoms with E-state index in [2.05, 4.69) is 0 Å². The van der Waals surface area contributed by atoms with Gasteiger partial charge in [-0.3, -0.25) is 9.59 Å². The Bertz CT molecular complexity index is 970. The number of carbonyl (C=O) groups excluding carboxylic acids is 1. The van der Waals surface area contributed by atoms with Gasteiger partial charge in [-0.05, 0) is 55.5 Å². The fraction of sp³-hybridized carbons (Fsp3) is 0.407. The van der Waals surface area contributed by atoms with Crippen LogP contribution in [0.3, 0.4) is 0 Å². The molecule has 1 amide bonds. The van der Waals surface area contributed by atoms with Gasteiger partial charge in [-0.25, -0.2) is 0 Å². The van der Waals surface area contributed by atoms with E-state index in [0.717, 1.165) is 42.6 Å². The Balaban J connectivity index is 1.54. The number of likely N-dealkylation sites (tertiary alicyclic amines) is 1. The average molecular weight is 452 g/mol. The van der Waals surface area contributed by atoms with Crippen molar-refractivity contribution in [3.8, 4) is 11.5 Å². The van der Waals surface area contributed by atoms with Crippen molar-refractivity contribution in [3.63, 3.8) is 0 Å². The Morgan fingerprint density at radius 2 is 1.94 bits per heavy atom. The fourth-order valence-corrected chi connectivity index (χ4v) is 4.06.